The smallest absolute Gasteiger partial charge is 0.228 e. The quantitative estimate of drug-likeness (QED) is 0.740. The summed E-state index contributed by atoms with van der Waals surface area (Å²) in [6.45, 7) is 7.51. The topological polar surface area (TPSA) is 46.9 Å². The van der Waals surface area contributed by atoms with E-state index in [1.54, 1.807) is 17.7 Å². The van der Waals surface area contributed by atoms with Gasteiger partial charge in [0.25, 0.3) is 0 Å². The van der Waals surface area contributed by atoms with Crippen LogP contribution in [0.5, 0.6) is 0 Å². The number of aromatic nitrogens is 2. The van der Waals surface area contributed by atoms with Crippen LogP contribution in [0.4, 0.5) is 11.4 Å². The number of carbonyl (C=O) groups excluding carboxylic acids is 1. The van der Waals surface area contributed by atoms with Gasteiger partial charge in [0.2, 0.25) is 5.91 Å². The molecule has 0 radical (unpaired) electrons. The van der Waals surface area contributed by atoms with Gasteiger partial charge in [0.05, 0.1) is 23.1 Å². The highest BCUT2D eigenvalue weighted by Gasteiger charge is 2.10. The van der Waals surface area contributed by atoms with E-state index in [4.69, 9.17) is 0 Å². The van der Waals surface area contributed by atoms with Crippen LogP contribution >= 0.6 is 0 Å². The van der Waals surface area contributed by atoms with Crippen molar-refractivity contribution in [2.24, 2.45) is 0 Å². The number of aryl methyl sites for hydroxylation is 1. The molecule has 0 saturated carbocycles. The molecule has 2 aromatic heterocycles. The van der Waals surface area contributed by atoms with Crippen LogP contribution in [0, 0.1) is 6.92 Å². The summed E-state index contributed by atoms with van der Waals surface area (Å²) in [4.78, 5) is 16.0. The second kappa shape index (κ2) is 6.89. The first-order chi connectivity index (χ1) is 10.6. The maximum absolute atomic E-state index is 11.7. The summed E-state index contributed by atoms with van der Waals surface area (Å²) in [7, 11) is 0. The minimum absolute atomic E-state index is 0.00344. The number of nitrogens with one attached hydrogen (secondary N) is 1. The zero-order valence-corrected chi connectivity index (χ0v) is 13.4. The molecule has 114 valence electrons. The molecular weight excluding hydrogens is 274 g/mol. The number of anilines is 2. The van der Waals surface area contributed by atoms with E-state index in [0.29, 0.717) is 0 Å². The van der Waals surface area contributed by atoms with E-state index in [-0.39, 0.29) is 5.91 Å². The fourth-order valence-electron chi connectivity index (χ4n) is 2.24. The van der Waals surface area contributed by atoms with Gasteiger partial charge in [0, 0.05) is 24.2 Å². The van der Waals surface area contributed by atoms with Crippen LogP contribution in [0.2, 0.25) is 0 Å². The van der Waals surface area contributed by atoms with Gasteiger partial charge >= 0.3 is 0 Å². The van der Waals surface area contributed by atoms with Crippen LogP contribution < -0.4 is 5.32 Å². The number of para-hydroxylation sites is 1. The lowest BCUT2D eigenvalue weighted by Crippen LogP contribution is -2.02. The van der Waals surface area contributed by atoms with Crippen LogP contribution in [-0.4, -0.2) is 15.5 Å². The molecule has 0 amide bonds. The highest BCUT2D eigenvalue weighted by atomic mass is 16.1. The van der Waals surface area contributed by atoms with E-state index in [1.165, 1.54) is 0 Å². The van der Waals surface area contributed by atoms with E-state index in [0.717, 1.165) is 28.0 Å². The third-order valence-electron chi connectivity index (χ3n) is 3.24. The van der Waals surface area contributed by atoms with Crippen molar-refractivity contribution < 1.29 is 4.79 Å². The molecule has 3 aromatic rings. The first-order valence-corrected chi connectivity index (χ1v) is 7.46. The number of rotatable bonds is 2. The zero-order valence-electron chi connectivity index (χ0n) is 13.4. The van der Waals surface area contributed by atoms with Gasteiger partial charge in [-0.05, 0) is 25.1 Å². The van der Waals surface area contributed by atoms with Crippen molar-refractivity contribution in [3.63, 3.8) is 0 Å². The first-order valence-electron chi connectivity index (χ1n) is 7.46. The molecule has 22 heavy (non-hydrogen) atoms. The summed E-state index contributed by atoms with van der Waals surface area (Å²) in [6, 6.07) is 11.8. The largest absolute Gasteiger partial charge is 0.353 e. The monoisotopic (exact) mass is 295 g/mol. The Labute approximate surface area is 130 Å². The Morgan fingerprint density at radius 3 is 2.50 bits per heavy atom. The standard InChI is InChI=1S/C16H15N3O.C2H6/c1-11-7-8-13(9-17-11)18-15-10-19(12(2)20)16-6-4-3-5-14(15)16;1-2/h3-10,18H,1-2H3;1-2H3. The molecular formula is C18H21N3O. The Kier molecular flexibility index (Phi) is 4.94. The fraction of sp³-hybridized carbons (Fsp3) is 0.222. The van der Waals surface area contributed by atoms with Crippen LogP contribution in [0.3, 0.4) is 0 Å². The summed E-state index contributed by atoms with van der Waals surface area (Å²) in [5.74, 6) is -0.00344. The summed E-state index contributed by atoms with van der Waals surface area (Å²) < 4.78 is 1.65. The highest BCUT2D eigenvalue weighted by molar-refractivity contribution is 6.00. The number of pyridine rings is 1. The molecule has 0 aliphatic heterocycles. The van der Waals surface area contributed by atoms with Gasteiger partial charge in [-0.2, -0.15) is 0 Å². The van der Waals surface area contributed by atoms with Gasteiger partial charge in [0.1, 0.15) is 0 Å². The van der Waals surface area contributed by atoms with Gasteiger partial charge in [-0.1, -0.05) is 32.0 Å². The average molecular weight is 295 g/mol. The van der Waals surface area contributed by atoms with E-state index >= 15 is 0 Å². The highest BCUT2D eigenvalue weighted by Crippen LogP contribution is 2.28. The van der Waals surface area contributed by atoms with Gasteiger partial charge < -0.3 is 5.32 Å². The van der Waals surface area contributed by atoms with Crippen molar-refractivity contribution in [1.82, 2.24) is 9.55 Å². The number of benzene rings is 1. The molecule has 0 spiro atoms. The molecule has 0 aliphatic carbocycles. The Morgan fingerprint density at radius 1 is 1.14 bits per heavy atom. The fourth-order valence-corrected chi connectivity index (χ4v) is 2.24. The molecule has 4 heteroatoms. The van der Waals surface area contributed by atoms with E-state index in [2.05, 4.69) is 10.3 Å². The van der Waals surface area contributed by atoms with Gasteiger partial charge in [0.15, 0.2) is 0 Å². The third-order valence-corrected chi connectivity index (χ3v) is 3.24. The predicted octanol–water partition coefficient (Wildman–Crippen LogP) is 4.77. The number of fused-ring (bicyclic) bond motifs is 1. The zero-order chi connectivity index (χ0) is 16.1. The molecule has 0 unspecified atom stereocenters. The molecule has 3 rings (SSSR count). The SMILES string of the molecule is CC.CC(=O)n1cc(Nc2ccc(C)nc2)c2ccccc21. The first kappa shape index (κ1) is 15.8. The maximum Gasteiger partial charge on any atom is 0.228 e. The number of nitrogens with zero attached hydrogens (tertiary/aromatic N) is 2. The van der Waals surface area contributed by atoms with E-state index in [9.17, 15) is 4.79 Å². The lowest BCUT2D eigenvalue weighted by atomic mass is 10.2. The van der Waals surface area contributed by atoms with Crippen LogP contribution in [0.15, 0.2) is 48.8 Å². The van der Waals surface area contributed by atoms with Crippen molar-refractivity contribution in [2.45, 2.75) is 27.7 Å². The van der Waals surface area contributed by atoms with Crippen LogP contribution in [-0.2, 0) is 0 Å². The molecule has 0 saturated heterocycles. The normalized spacial score (nSPS) is 10.0. The Balaban J connectivity index is 0.000000847. The van der Waals surface area contributed by atoms with Gasteiger partial charge in [-0.15, -0.1) is 0 Å². The molecule has 1 aromatic carbocycles. The van der Waals surface area contributed by atoms with E-state index < -0.39 is 0 Å². The molecule has 4 nitrogen and oxygen atoms in total. The number of hydrogen-bond donors (Lipinski definition) is 1. The molecule has 0 fully saturated rings. The Bertz CT molecular complexity index is 773. The minimum atomic E-state index is -0.00344. The lowest BCUT2D eigenvalue weighted by Gasteiger charge is -2.04. The van der Waals surface area contributed by atoms with Crippen LogP contribution in [0.1, 0.15) is 31.3 Å². The van der Waals surface area contributed by atoms with Crippen molar-refractivity contribution in [3.8, 4) is 0 Å². The summed E-state index contributed by atoms with van der Waals surface area (Å²) in [5.41, 5.74) is 3.69. The molecule has 0 atom stereocenters. The van der Waals surface area contributed by atoms with Gasteiger partial charge in [-0.25, -0.2) is 0 Å². The second-order valence-electron chi connectivity index (χ2n) is 4.76. The van der Waals surface area contributed by atoms with Gasteiger partial charge in [-0.3, -0.25) is 14.3 Å². The summed E-state index contributed by atoms with van der Waals surface area (Å²) in [6.07, 6.45) is 3.61. The maximum atomic E-state index is 11.7. The summed E-state index contributed by atoms with van der Waals surface area (Å²) in [5, 5.41) is 4.33. The number of carbonyl (C=O) groups is 1. The molecule has 0 aliphatic rings. The predicted molar refractivity (Wildman–Crippen MR) is 91.8 cm³/mol. The van der Waals surface area contributed by atoms with Crippen molar-refractivity contribution in [2.75, 3.05) is 5.32 Å². The van der Waals surface area contributed by atoms with E-state index in [1.807, 2.05) is 63.4 Å². The van der Waals surface area contributed by atoms with Crippen LogP contribution in [0.25, 0.3) is 10.9 Å². The summed E-state index contributed by atoms with van der Waals surface area (Å²) >= 11 is 0. The molecule has 0 bridgehead atoms. The van der Waals surface area contributed by atoms with Crippen molar-refractivity contribution >= 4 is 28.2 Å². The van der Waals surface area contributed by atoms with Crippen molar-refractivity contribution in [1.29, 1.82) is 0 Å². The lowest BCUT2D eigenvalue weighted by molar-refractivity contribution is 0.0942. The molecule has 2 heterocycles. The average Bonchev–Trinajstić information content (AvgIpc) is 2.91. The molecule has 1 N–H and O–H groups in total. The Morgan fingerprint density at radius 2 is 1.86 bits per heavy atom. The Hall–Kier alpha value is -2.62. The minimum Gasteiger partial charge on any atom is -0.353 e. The second-order valence-corrected chi connectivity index (χ2v) is 4.76. The third kappa shape index (κ3) is 3.17. The van der Waals surface area contributed by atoms with Crippen molar-refractivity contribution in [3.05, 3.63) is 54.5 Å². The number of hydrogen-bond acceptors (Lipinski definition) is 3.